The summed E-state index contributed by atoms with van der Waals surface area (Å²) in [5.41, 5.74) is 4.02. The Labute approximate surface area is 157 Å². The van der Waals surface area contributed by atoms with Crippen molar-refractivity contribution in [2.75, 3.05) is 13.2 Å². The van der Waals surface area contributed by atoms with E-state index in [4.69, 9.17) is 9.84 Å². The summed E-state index contributed by atoms with van der Waals surface area (Å²) in [6, 6.07) is 8.89. The smallest absolute Gasteiger partial charge is 0.335 e. The molecule has 1 aliphatic carbocycles. The molecular formula is C23H30O3. The molecule has 0 fully saturated rings. The first kappa shape index (κ1) is 20.2. The average molecular weight is 354 g/mol. The van der Waals surface area contributed by atoms with Gasteiger partial charge in [-0.2, -0.15) is 0 Å². The van der Waals surface area contributed by atoms with Gasteiger partial charge >= 0.3 is 5.97 Å². The second-order valence-corrected chi connectivity index (χ2v) is 6.85. The van der Waals surface area contributed by atoms with E-state index < -0.39 is 5.97 Å². The van der Waals surface area contributed by atoms with Crippen LogP contribution in [0.5, 0.6) is 0 Å². The summed E-state index contributed by atoms with van der Waals surface area (Å²) in [4.78, 5) is 11.5. The van der Waals surface area contributed by atoms with E-state index in [1.165, 1.54) is 36.0 Å². The number of aliphatic hydroxyl groups is 1. The van der Waals surface area contributed by atoms with E-state index in [0.717, 1.165) is 19.3 Å². The van der Waals surface area contributed by atoms with Crippen molar-refractivity contribution >= 4 is 11.5 Å². The predicted molar refractivity (Wildman–Crippen MR) is 107 cm³/mol. The maximum absolute atomic E-state index is 11.5. The fourth-order valence-corrected chi connectivity index (χ4v) is 3.01. The molecule has 26 heavy (non-hydrogen) atoms. The van der Waals surface area contributed by atoms with Crippen molar-refractivity contribution in [3.8, 4) is 0 Å². The van der Waals surface area contributed by atoms with Crippen LogP contribution >= 0.6 is 0 Å². The van der Waals surface area contributed by atoms with Crippen LogP contribution in [0.4, 0.5) is 0 Å². The third-order valence-corrected chi connectivity index (χ3v) is 4.75. The summed E-state index contributed by atoms with van der Waals surface area (Å²) in [6.45, 7) is 5.69. The van der Waals surface area contributed by atoms with Crippen LogP contribution in [0.15, 0.2) is 54.6 Å². The highest BCUT2D eigenvalue weighted by Crippen LogP contribution is 2.26. The number of carbonyl (C=O) groups is 1. The molecule has 0 saturated heterocycles. The minimum atomic E-state index is -0.512. The Hall–Kier alpha value is -2.13. The summed E-state index contributed by atoms with van der Waals surface area (Å²) in [5, 5.41) is 8.84. The fourth-order valence-electron chi connectivity index (χ4n) is 3.01. The van der Waals surface area contributed by atoms with Gasteiger partial charge in [0.05, 0.1) is 18.8 Å². The van der Waals surface area contributed by atoms with Gasteiger partial charge in [-0.15, -0.1) is 0 Å². The standard InChI is InChI=1S/C23H30O3/c1-3-4-5-6-19-7-11-21(12-8-19)22-13-9-20(10-14-22)15-16-26-23(25)18(2)17-24/h7-9,11-14,20,24H,2-6,10,15-17H2,1H3. The molecule has 0 aromatic heterocycles. The molecule has 0 saturated carbocycles. The summed E-state index contributed by atoms with van der Waals surface area (Å²) in [5.74, 6) is -0.134. The summed E-state index contributed by atoms with van der Waals surface area (Å²) >= 11 is 0. The molecular weight excluding hydrogens is 324 g/mol. The molecule has 140 valence electrons. The number of aliphatic hydroxyl groups excluding tert-OH is 1. The van der Waals surface area contributed by atoms with E-state index in [2.05, 4.69) is 56.0 Å². The van der Waals surface area contributed by atoms with Crippen molar-refractivity contribution in [3.05, 3.63) is 65.8 Å². The van der Waals surface area contributed by atoms with Gasteiger partial charge in [0.1, 0.15) is 0 Å². The second-order valence-electron chi connectivity index (χ2n) is 6.85. The van der Waals surface area contributed by atoms with Crippen molar-refractivity contribution in [2.24, 2.45) is 5.92 Å². The lowest BCUT2D eigenvalue weighted by molar-refractivity contribution is -0.139. The predicted octanol–water partition coefficient (Wildman–Crippen LogP) is 4.86. The molecule has 0 spiro atoms. The van der Waals surface area contributed by atoms with Gasteiger partial charge in [0.25, 0.3) is 0 Å². The van der Waals surface area contributed by atoms with Gasteiger partial charge in [0.15, 0.2) is 0 Å². The number of rotatable bonds is 10. The Morgan fingerprint density at radius 1 is 1.27 bits per heavy atom. The number of allylic oxidation sites excluding steroid dienone is 4. The number of hydrogen-bond acceptors (Lipinski definition) is 3. The molecule has 1 aliphatic rings. The molecule has 2 rings (SSSR count). The van der Waals surface area contributed by atoms with Gasteiger partial charge in [0, 0.05) is 0 Å². The van der Waals surface area contributed by atoms with Crippen LogP contribution < -0.4 is 0 Å². The molecule has 3 nitrogen and oxygen atoms in total. The Morgan fingerprint density at radius 2 is 2.04 bits per heavy atom. The fraction of sp³-hybridized carbons (Fsp3) is 0.435. The number of esters is 1. The quantitative estimate of drug-likeness (QED) is 0.371. The molecule has 0 amide bonds. The van der Waals surface area contributed by atoms with Gasteiger partial charge in [-0.3, -0.25) is 0 Å². The van der Waals surface area contributed by atoms with E-state index in [1.54, 1.807) is 0 Å². The number of ether oxygens (including phenoxy) is 1. The monoisotopic (exact) mass is 354 g/mol. The molecule has 0 aliphatic heterocycles. The summed E-state index contributed by atoms with van der Waals surface area (Å²) < 4.78 is 5.11. The third-order valence-electron chi connectivity index (χ3n) is 4.75. The molecule has 0 bridgehead atoms. The molecule has 1 unspecified atom stereocenters. The third kappa shape index (κ3) is 6.30. The second kappa shape index (κ2) is 10.8. The van der Waals surface area contributed by atoms with Crippen LogP contribution in [0.3, 0.4) is 0 Å². The number of benzene rings is 1. The maximum atomic E-state index is 11.5. The number of hydrogen-bond donors (Lipinski definition) is 1. The van der Waals surface area contributed by atoms with Gasteiger partial charge in [-0.05, 0) is 48.3 Å². The lowest BCUT2D eigenvalue weighted by Gasteiger charge is -2.16. The number of unbranched alkanes of at least 4 members (excludes halogenated alkanes) is 2. The van der Waals surface area contributed by atoms with Crippen molar-refractivity contribution in [1.82, 2.24) is 0 Å². The van der Waals surface area contributed by atoms with E-state index in [-0.39, 0.29) is 12.2 Å². The molecule has 1 atom stereocenters. The minimum Gasteiger partial charge on any atom is -0.462 e. The Morgan fingerprint density at radius 3 is 2.65 bits per heavy atom. The number of aryl methyl sites for hydroxylation is 1. The summed E-state index contributed by atoms with van der Waals surface area (Å²) in [7, 11) is 0. The van der Waals surface area contributed by atoms with E-state index in [1.807, 2.05) is 0 Å². The van der Waals surface area contributed by atoms with E-state index in [0.29, 0.717) is 12.5 Å². The Kier molecular flexibility index (Phi) is 8.36. The summed E-state index contributed by atoms with van der Waals surface area (Å²) in [6.07, 6.45) is 13.3. The van der Waals surface area contributed by atoms with Crippen molar-refractivity contribution in [3.63, 3.8) is 0 Å². The van der Waals surface area contributed by atoms with Crippen LogP contribution in [-0.2, 0) is 16.0 Å². The van der Waals surface area contributed by atoms with Crippen molar-refractivity contribution in [2.45, 2.75) is 45.4 Å². The van der Waals surface area contributed by atoms with E-state index in [9.17, 15) is 4.79 Å². The molecule has 3 heteroatoms. The topological polar surface area (TPSA) is 46.5 Å². The van der Waals surface area contributed by atoms with Crippen LogP contribution in [0.2, 0.25) is 0 Å². The molecule has 1 aromatic carbocycles. The minimum absolute atomic E-state index is 0.101. The SMILES string of the molecule is C=C(CO)C(=O)OCCC1C=CC(c2ccc(CCCCC)cc2)=CC1. The average Bonchev–Trinajstić information content (AvgIpc) is 2.68. The zero-order chi connectivity index (χ0) is 18.8. The van der Waals surface area contributed by atoms with Crippen molar-refractivity contribution < 1.29 is 14.6 Å². The van der Waals surface area contributed by atoms with Crippen molar-refractivity contribution in [1.29, 1.82) is 0 Å². The highest BCUT2D eigenvalue weighted by molar-refractivity contribution is 5.87. The van der Waals surface area contributed by atoms with Gasteiger partial charge in [0.2, 0.25) is 0 Å². The molecule has 1 aromatic rings. The lowest BCUT2D eigenvalue weighted by Crippen LogP contribution is -2.13. The zero-order valence-electron chi connectivity index (χ0n) is 15.7. The Balaban J connectivity index is 1.77. The van der Waals surface area contributed by atoms with Crippen LogP contribution in [-0.4, -0.2) is 24.3 Å². The van der Waals surface area contributed by atoms with Crippen LogP contribution in [0.1, 0.15) is 50.2 Å². The van der Waals surface area contributed by atoms with Gasteiger partial charge < -0.3 is 9.84 Å². The van der Waals surface area contributed by atoms with Crippen LogP contribution in [0, 0.1) is 5.92 Å². The van der Waals surface area contributed by atoms with Gasteiger partial charge in [-0.25, -0.2) is 4.79 Å². The highest BCUT2D eigenvalue weighted by atomic mass is 16.5. The maximum Gasteiger partial charge on any atom is 0.335 e. The first-order valence-electron chi connectivity index (χ1n) is 9.57. The molecule has 0 heterocycles. The largest absolute Gasteiger partial charge is 0.462 e. The molecule has 1 N–H and O–H groups in total. The Bertz CT molecular complexity index is 653. The number of carbonyl (C=O) groups excluding carboxylic acids is 1. The lowest BCUT2D eigenvalue weighted by atomic mass is 9.91. The first-order chi connectivity index (χ1) is 12.6. The highest BCUT2D eigenvalue weighted by Gasteiger charge is 2.12. The first-order valence-corrected chi connectivity index (χ1v) is 9.57. The zero-order valence-corrected chi connectivity index (χ0v) is 15.7. The van der Waals surface area contributed by atoms with Gasteiger partial charge in [-0.1, -0.05) is 68.8 Å². The normalized spacial score (nSPS) is 16.2. The molecule has 0 radical (unpaired) electrons. The van der Waals surface area contributed by atoms with Crippen LogP contribution in [0.25, 0.3) is 5.57 Å². The van der Waals surface area contributed by atoms with E-state index >= 15 is 0 Å².